The number of esters is 1. The molecule has 0 saturated carbocycles. The first-order valence-electron chi connectivity index (χ1n) is 15.2. The summed E-state index contributed by atoms with van der Waals surface area (Å²) in [6, 6.07) is 0. The van der Waals surface area contributed by atoms with Crippen molar-refractivity contribution >= 4 is 11.9 Å². The zero-order valence-electron chi connectivity index (χ0n) is 23.4. The van der Waals surface area contributed by atoms with E-state index in [1.54, 1.807) is 0 Å². The van der Waals surface area contributed by atoms with Crippen LogP contribution in [-0.2, 0) is 14.3 Å². The second-order valence-electron chi connectivity index (χ2n) is 10.3. The average molecular weight is 495 g/mol. The molecule has 35 heavy (non-hydrogen) atoms. The third kappa shape index (κ3) is 27.1. The Morgan fingerprint density at radius 1 is 0.600 bits per heavy atom. The number of carbonyl (C=O) groups is 2. The van der Waals surface area contributed by atoms with Crippen molar-refractivity contribution in [1.29, 1.82) is 0 Å². The minimum Gasteiger partial charge on any atom is -0.481 e. The summed E-state index contributed by atoms with van der Waals surface area (Å²) in [5, 5.41) is 9.02. The third-order valence-electron chi connectivity index (χ3n) is 6.75. The molecule has 4 heteroatoms. The molecule has 0 amide bonds. The summed E-state index contributed by atoms with van der Waals surface area (Å²) in [6.07, 6.45) is 30.7. The molecule has 0 aromatic rings. The SMILES string of the molecule is CCCCCC/C=C\CCCCCCCC(=O)OC(CCCCCCCCCCC)CCC(=O)O. The van der Waals surface area contributed by atoms with Gasteiger partial charge in [-0.25, -0.2) is 0 Å². The Labute approximate surface area is 217 Å². The van der Waals surface area contributed by atoms with Crippen molar-refractivity contribution in [1.82, 2.24) is 0 Å². The van der Waals surface area contributed by atoms with E-state index in [4.69, 9.17) is 9.84 Å². The van der Waals surface area contributed by atoms with Gasteiger partial charge in [0.15, 0.2) is 0 Å². The molecule has 4 nitrogen and oxygen atoms in total. The molecule has 1 atom stereocenters. The van der Waals surface area contributed by atoms with Gasteiger partial charge in [-0.2, -0.15) is 0 Å². The number of ether oxygens (including phenoxy) is 1. The maximum absolute atomic E-state index is 12.3. The lowest BCUT2D eigenvalue weighted by Crippen LogP contribution is -2.19. The van der Waals surface area contributed by atoms with Gasteiger partial charge in [0.1, 0.15) is 6.10 Å². The van der Waals surface area contributed by atoms with Crippen LogP contribution in [0.2, 0.25) is 0 Å². The third-order valence-corrected chi connectivity index (χ3v) is 6.75. The van der Waals surface area contributed by atoms with Crippen molar-refractivity contribution in [2.24, 2.45) is 0 Å². The van der Waals surface area contributed by atoms with Crippen LogP contribution in [0.4, 0.5) is 0 Å². The van der Waals surface area contributed by atoms with E-state index in [9.17, 15) is 9.59 Å². The molecule has 0 aromatic carbocycles. The molecule has 0 aliphatic carbocycles. The second-order valence-corrected chi connectivity index (χ2v) is 10.3. The fraction of sp³-hybridized carbons (Fsp3) is 0.871. The normalized spacial score (nSPS) is 12.3. The van der Waals surface area contributed by atoms with Crippen LogP contribution in [0.25, 0.3) is 0 Å². The van der Waals surface area contributed by atoms with Crippen LogP contribution in [0.3, 0.4) is 0 Å². The van der Waals surface area contributed by atoms with Gasteiger partial charge < -0.3 is 9.84 Å². The molecule has 0 heterocycles. The van der Waals surface area contributed by atoms with Gasteiger partial charge >= 0.3 is 11.9 Å². The Morgan fingerprint density at radius 2 is 1.06 bits per heavy atom. The fourth-order valence-corrected chi connectivity index (χ4v) is 4.46. The maximum Gasteiger partial charge on any atom is 0.306 e. The second kappa shape index (κ2) is 27.3. The Bertz CT molecular complexity index is 500. The highest BCUT2D eigenvalue weighted by Gasteiger charge is 2.15. The lowest BCUT2D eigenvalue weighted by molar-refractivity contribution is -0.151. The quantitative estimate of drug-likeness (QED) is 0.0701. The van der Waals surface area contributed by atoms with Crippen molar-refractivity contribution in [3.63, 3.8) is 0 Å². The van der Waals surface area contributed by atoms with Gasteiger partial charge in [-0.1, -0.05) is 116 Å². The molecule has 0 aliphatic heterocycles. The molecule has 0 radical (unpaired) electrons. The van der Waals surface area contributed by atoms with Crippen LogP contribution in [-0.4, -0.2) is 23.1 Å². The molecule has 206 valence electrons. The van der Waals surface area contributed by atoms with Crippen LogP contribution in [0.1, 0.15) is 168 Å². The molecular formula is C31H58O4. The minimum atomic E-state index is -0.815. The van der Waals surface area contributed by atoms with Gasteiger partial charge in [-0.15, -0.1) is 0 Å². The Balaban J connectivity index is 3.81. The molecule has 0 rings (SSSR count). The van der Waals surface area contributed by atoms with Crippen molar-refractivity contribution in [3.8, 4) is 0 Å². The first-order chi connectivity index (χ1) is 17.1. The molecule has 0 aromatic heterocycles. The first kappa shape index (κ1) is 33.7. The van der Waals surface area contributed by atoms with E-state index >= 15 is 0 Å². The molecular weight excluding hydrogens is 436 g/mol. The van der Waals surface area contributed by atoms with Crippen molar-refractivity contribution in [2.45, 2.75) is 174 Å². The van der Waals surface area contributed by atoms with Gasteiger partial charge in [0.25, 0.3) is 0 Å². The molecule has 0 spiro atoms. The van der Waals surface area contributed by atoms with Gasteiger partial charge in [-0.3, -0.25) is 9.59 Å². The highest BCUT2D eigenvalue weighted by atomic mass is 16.5. The zero-order valence-corrected chi connectivity index (χ0v) is 23.4. The molecule has 1 unspecified atom stereocenters. The average Bonchev–Trinajstić information content (AvgIpc) is 2.84. The van der Waals surface area contributed by atoms with Gasteiger partial charge in [0.05, 0.1) is 0 Å². The molecule has 1 N–H and O–H groups in total. The van der Waals surface area contributed by atoms with Gasteiger partial charge in [-0.05, 0) is 51.4 Å². The highest BCUT2D eigenvalue weighted by molar-refractivity contribution is 5.69. The number of carboxylic acids is 1. The largest absolute Gasteiger partial charge is 0.481 e. The van der Waals surface area contributed by atoms with E-state index in [0.717, 1.165) is 32.1 Å². The summed E-state index contributed by atoms with van der Waals surface area (Å²) >= 11 is 0. The molecule has 0 bridgehead atoms. The summed E-state index contributed by atoms with van der Waals surface area (Å²) in [6.45, 7) is 4.49. The molecule has 0 aliphatic rings. The predicted octanol–water partition coefficient (Wildman–Crippen LogP) is 9.94. The van der Waals surface area contributed by atoms with Crippen molar-refractivity contribution < 1.29 is 19.4 Å². The van der Waals surface area contributed by atoms with Crippen molar-refractivity contribution in [3.05, 3.63) is 12.2 Å². The summed E-state index contributed by atoms with van der Waals surface area (Å²) < 4.78 is 5.67. The Morgan fingerprint density at radius 3 is 1.60 bits per heavy atom. The maximum atomic E-state index is 12.3. The van der Waals surface area contributed by atoms with Gasteiger partial charge in [0.2, 0.25) is 0 Å². The van der Waals surface area contributed by atoms with Gasteiger partial charge in [0, 0.05) is 12.8 Å². The summed E-state index contributed by atoms with van der Waals surface area (Å²) in [7, 11) is 0. The fourth-order valence-electron chi connectivity index (χ4n) is 4.46. The van der Waals surface area contributed by atoms with E-state index in [0.29, 0.717) is 12.8 Å². The Hall–Kier alpha value is -1.32. The molecule has 0 fully saturated rings. The lowest BCUT2D eigenvalue weighted by Gasteiger charge is -2.17. The van der Waals surface area contributed by atoms with E-state index in [1.165, 1.54) is 103 Å². The number of aliphatic carboxylic acids is 1. The predicted molar refractivity (Wildman–Crippen MR) is 149 cm³/mol. The summed E-state index contributed by atoms with van der Waals surface area (Å²) in [5.74, 6) is -0.966. The smallest absolute Gasteiger partial charge is 0.306 e. The molecule has 0 saturated heterocycles. The number of allylic oxidation sites excluding steroid dienone is 2. The topological polar surface area (TPSA) is 63.6 Å². The van der Waals surface area contributed by atoms with Crippen LogP contribution in [0.5, 0.6) is 0 Å². The Kier molecular flexibility index (Phi) is 26.2. The van der Waals surface area contributed by atoms with E-state index in [2.05, 4.69) is 26.0 Å². The van der Waals surface area contributed by atoms with Crippen LogP contribution in [0, 0.1) is 0 Å². The standard InChI is InChI=1S/C31H58O4/c1-3-5-7-9-11-13-14-15-16-18-20-22-24-26-31(34)35-29(27-28-30(32)33)25-23-21-19-17-12-10-8-6-4-2/h13-14,29H,3-12,15-28H2,1-2H3,(H,32,33)/b14-13-. The first-order valence-corrected chi connectivity index (χ1v) is 15.2. The van der Waals surface area contributed by atoms with Crippen LogP contribution < -0.4 is 0 Å². The monoisotopic (exact) mass is 494 g/mol. The number of hydrogen-bond acceptors (Lipinski definition) is 3. The highest BCUT2D eigenvalue weighted by Crippen LogP contribution is 2.17. The number of hydrogen-bond donors (Lipinski definition) is 1. The van der Waals surface area contributed by atoms with Crippen molar-refractivity contribution in [2.75, 3.05) is 0 Å². The number of rotatable bonds is 27. The van der Waals surface area contributed by atoms with Crippen LogP contribution in [0.15, 0.2) is 12.2 Å². The van der Waals surface area contributed by atoms with E-state index in [1.807, 2.05) is 0 Å². The van der Waals surface area contributed by atoms with E-state index in [-0.39, 0.29) is 18.5 Å². The number of carboxylic acid groups (broad SMARTS) is 1. The summed E-state index contributed by atoms with van der Waals surface area (Å²) in [4.78, 5) is 23.3. The lowest BCUT2D eigenvalue weighted by atomic mass is 10.0. The number of unbranched alkanes of at least 4 members (excludes halogenated alkanes) is 17. The zero-order chi connectivity index (χ0) is 25.8. The van der Waals surface area contributed by atoms with E-state index < -0.39 is 5.97 Å². The number of carbonyl (C=O) groups excluding carboxylic acids is 1. The van der Waals surface area contributed by atoms with Crippen LogP contribution >= 0.6 is 0 Å². The minimum absolute atomic E-state index is 0.0720. The summed E-state index contributed by atoms with van der Waals surface area (Å²) in [5.41, 5.74) is 0.